The van der Waals surface area contributed by atoms with Gasteiger partial charge in [-0.15, -0.1) is 0 Å². The fourth-order valence-electron chi connectivity index (χ4n) is 3.29. The smallest absolute Gasteiger partial charge is 0.335 e. The number of hydrogen-bond acceptors (Lipinski definition) is 1. The van der Waals surface area contributed by atoms with Crippen molar-refractivity contribution in [3.63, 3.8) is 0 Å². The van der Waals surface area contributed by atoms with Gasteiger partial charge in [0.15, 0.2) is 0 Å². The van der Waals surface area contributed by atoms with Crippen molar-refractivity contribution in [3.8, 4) is 0 Å². The molecular formula is C18H26O2. The lowest BCUT2D eigenvalue weighted by Gasteiger charge is -2.24. The number of hydrogen-bond donors (Lipinski definition) is 1. The van der Waals surface area contributed by atoms with E-state index in [1.807, 2.05) is 12.1 Å². The Balaban J connectivity index is 2.19. The molecule has 1 aromatic rings. The van der Waals surface area contributed by atoms with Crippen LogP contribution in [0.3, 0.4) is 0 Å². The zero-order valence-electron chi connectivity index (χ0n) is 12.5. The monoisotopic (exact) mass is 274 g/mol. The molecule has 2 heteroatoms. The van der Waals surface area contributed by atoms with E-state index < -0.39 is 5.97 Å². The number of benzene rings is 1. The normalized spacial score (nSPS) is 16.2. The van der Waals surface area contributed by atoms with Crippen molar-refractivity contribution >= 4 is 5.97 Å². The third-order valence-corrected chi connectivity index (χ3v) is 4.46. The SMILES string of the molecule is CCCCCc1ccc(C(=O)O)c(C2CCCCC2)c1. The summed E-state index contributed by atoms with van der Waals surface area (Å²) in [5.41, 5.74) is 2.92. The molecule has 1 aliphatic carbocycles. The van der Waals surface area contributed by atoms with Gasteiger partial charge in [-0.25, -0.2) is 4.79 Å². The first-order valence-electron chi connectivity index (χ1n) is 8.08. The van der Waals surface area contributed by atoms with Crippen molar-refractivity contribution in [2.24, 2.45) is 0 Å². The minimum absolute atomic E-state index is 0.459. The third-order valence-electron chi connectivity index (χ3n) is 4.46. The minimum atomic E-state index is -0.773. The second-order valence-corrected chi connectivity index (χ2v) is 6.02. The lowest BCUT2D eigenvalue weighted by molar-refractivity contribution is 0.0694. The third kappa shape index (κ3) is 3.84. The summed E-state index contributed by atoms with van der Waals surface area (Å²) in [6.07, 6.45) is 10.8. The highest BCUT2D eigenvalue weighted by Gasteiger charge is 2.21. The number of rotatable bonds is 6. The molecule has 110 valence electrons. The number of unbranched alkanes of at least 4 members (excludes halogenated alkanes) is 2. The molecule has 0 bridgehead atoms. The summed E-state index contributed by atoms with van der Waals surface area (Å²) in [6.45, 7) is 2.21. The molecule has 0 aromatic heterocycles. The first-order chi connectivity index (χ1) is 9.72. The molecule has 0 heterocycles. The van der Waals surface area contributed by atoms with Crippen LogP contribution in [0.2, 0.25) is 0 Å². The lowest BCUT2D eigenvalue weighted by Crippen LogP contribution is -2.11. The molecule has 0 radical (unpaired) electrons. The summed E-state index contributed by atoms with van der Waals surface area (Å²) in [5, 5.41) is 9.40. The summed E-state index contributed by atoms with van der Waals surface area (Å²) >= 11 is 0. The molecule has 2 nitrogen and oxygen atoms in total. The van der Waals surface area contributed by atoms with Crippen molar-refractivity contribution in [2.75, 3.05) is 0 Å². The Hall–Kier alpha value is -1.31. The zero-order chi connectivity index (χ0) is 14.4. The van der Waals surface area contributed by atoms with Crippen LogP contribution in [0, 0.1) is 0 Å². The van der Waals surface area contributed by atoms with E-state index >= 15 is 0 Å². The molecule has 1 saturated carbocycles. The van der Waals surface area contributed by atoms with Gasteiger partial charge in [0.25, 0.3) is 0 Å². The Morgan fingerprint density at radius 2 is 1.95 bits per heavy atom. The summed E-state index contributed by atoms with van der Waals surface area (Å²) < 4.78 is 0. The molecule has 2 rings (SSSR count). The van der Waals surface area contributed by atoms with E-state index in [1.165, 1.54) is 44.1 Å². The van der Waals surface area contributed by atoms with Crippen LogP contribution in [-0.2, 0) is 6.42 Å². The molecule has 20 heavy (non-hydrogen) atoms. The van der Waals surface area contributed by atoms with Crippen LogP contribution in [0.1, 0.15) is 85.7 Å². The molecule has 1 N–H and O–H groups in total. The van der Waals surface area contributed by atoms with Crippen molar-refractivity contribution in [3.05, 3.63) is 34.9 Å². The van der Waals surface area contributed by atoms with E-state index in [0.717, 1.165) is 24.8 Å². The Morgan fingerprint density at radius 1 is 1.20 bits per heavy atom. The summed E-state index contributed by atoms with van der Waals surface area (Å²) in [7, 11) is 0. The Morgan fingerprint density at radius 3 is 2.60 bits per heavy atom. The maximum Gasteiger partial charge on any atom is 0.335 e. The molecule has 1 aliphatic rings. The van der Waals surface area contributed by atoms with Gasteiger partial charge >= 0.3 is 5.97 Å². The number of aromatic carboxylic acids is 1. The second-order valence-electron chi connectivity index (χ2n) is 6.02. The van der Waals surface area contributed by atoms with Gasteiger partial charge in [-0.1, -0.05) is 51.2 Å². The minimum Gasteiger partial charge on any atom is -0.478 e. The first-order valence-corrected chi connectivity index (χ1v) is 8.08. The molecule has 0 aliphatic heterocycles. The van der Waals surface area contributed by atoms with E-state index in [0.29, 0.717) is 11.5 Å². The Bertz CT molecular complexity index is 445. The first kappa shape index (κ1) is 15.1. The topological polar surface area (TPSA) is 37.3 Å². The van der Waals surface area contributed by atoms with Crippen molar-refractivity contribution in [1.82, 2.24) is 0 Å². The maximum atomic E-state index is 11.4. The van der Waals surface area contributed by atoms with E-state index in [1.54, 1.807) is 0 Å². The molecule has 0 amide bonds. The number of carboxylic acids is 1. The van der Waals surface area contributed by atoms with Crippen molar-refractivity contribution < 1.29 is 9.90 Å². The summed E-state index contributed by atoms with van der Waals surface area (Å²) in [6, 6.07) is 6.01. The molecular weight excluding hydrogens is 248 g/mol. The number of carbonyl (C=O) groups is 1. The average molecular weight is 274 g/mol. The lowest BCUT2D eigenvalue weighted by atomic mass is 9.81. The van der Waals surface area contributed by atoms with Crippen LogP contribution in [-0.4, -0.2) is 11.1 Å². The van der Waals surface area contributed by atoms with Crippen LogP contribution in [0.4, 0.5) is 0 Å². The maximum absolute atomic E-state index is 11.4. The van der Waals surface area contributed by atoms with Crippen molar-refractivity contribution in [2.45, 2.75) is 70.6 Å². The molecule has 0 spiro atoms. The van der Waals surface area contributed by atoms with E-state index in [4.69, 9.17) is 0 Å². The zero-order valence-corrected chi connectivity index (χ0v) is 12.5. The second kappa shape index (κ2) is 7.47. The Labute approximate surface area is 122 Å². The molecule has 1 fully saturated rings. The average Bonchev–Trinajstić information content (AvgIpc) is 2.48. The fraction of sp³-hybridized carbons (Fsp3) is 0.611. The largest absolute Gasteiger partial charge is 0.478 e. The van der Waals surface area contributed by atoms with E-state index in [-0.39, 0.29) is 0 Å². The highest BCUT2D eigenvalue weighted by molar-refractivity contribution is 5.89. The van der Waals surface area contributed by atoms with Crippen LogP contribution in [0.25, 0.3) is 0 Å². The van der Waals surface area contributed by atoms with Gasteiger partial charge < -0.3 is 5.11 Å². The van der Waals surface area contributed by atoms with Gasteiger partial charge in [0.2, 0.25) is 0 Å². The van der Waals surface area contributed by atoms with Gasteiger partial charge in [-0.05, 0) is 48.8 Å². The predicted octanol–water partition coefficient (Wildman–Crippen LogP) is 5.17. The van der Waals surface area contributed by atoms with Crippen LogP contribution < -0.4 is 0 Å². The number of carboxylic acid groups (broad SMARTS) is 1. The van der Waals surface area contributed by atoms with E-state index in [2.05, 4.69) is 13.0 Å². The van der Waals surface area contributed by atoms with Gasteiger partial charge in [-0.3, -0.25) is 0 Å². The van der Waals surface area contributed by atoms with Crippen LogP contribution in [0.15, 0.2) is 18.2 Å². The standard InChI is InChI=1S/C18H26O2/c1-2-3-5-8-14-11-12-16(18(19)20)17(13-14)15-9-6-4-7-10-15/h11-13,15H,2-10H2,1H3,(H,19,20). The highest BCUT2D eigenvalue weighted by Crippen LogP contribution is 2.35. The van der Waals surface area contributed by atoms with Crippen LogP contribution >= 0.6 is 0 Å². The van der Waals surface area contributed by atoms with Crippen LogP contribution in [0.5, 0.6) is 0 Å². The molecule has 0 saturated heterocycles. The molecule has 1 aromatic carbocycles. The Kier molecular flexibility index (Phi) is 5.63. The van der Waals surface area contributed by atoms with Gasteiger partial charge in [0, 0.05) is 0 Å². The van der Waals surface area contributed by atoms with Gasteiger partial charge in [0.05, 0.1) is 5.56 Å². The molecule has 0 unspecified atom stereocenters. The molecule has 0 atom stereocenters. The summed E-state index contributed by atoms with van der Waals surface area (Å²) in [5.74, 6) is -0.313. The fourth-order valence-corrected chi connectivity index (χ4v) is 3.29. The van der Waals surface area contributed by atoms with Crippen molar-refractivity contribution in [1.29, 1.82) is 0 Å². The summed E-state index contributed by atoms with van der Waals surface area (Å²) in [4.78, 5) is 11.4. The predicted molar refractivity (Wildman–Crippen MR) is 82.5 cm³/mol. The van der Waals surface area contributed by atoms with Gasteiger partial charge in [-0.2, -0.15) is 0 Å². The van der Waals surface area contributed by atoms with E-state index in [9.17, 15) is 9.90 Å². The van der Waals surface area contributed by atoms with Gasteiger partial charge in [0.1, 0.15) is 0 Å². The number of aryl methyl sites for hydroxylation is 1. The highest BCUT2D eigenvalue weighted by atomic mass is 16.4. The quantitative estimate of drug-likeness (QED) is 0.727.